The van der Waals surface area contributed by atoms with Crippen LogP contribution >= 0.6 is 0 Å². The fourth-order valence-electron chi connectivity index (χ4n) is 1.71. The van der Waals surface area contributed by atoms with Crippen LogP contribution in [0.1, 0.15) is 23.8 Å². The fourth-order valence-corrected chi connectivity index (χ4v) is 1.71. The summed E-state index contributed by atoms with van der Waals surface area (Å²) < 4.78 is 24.3. The number of hydrogen-bond acceptors (Lipinski definition) is 3. The molecule has 0 saturated heterocycles. The lowest BCUT2D eigenvalue weighted by Gasteiger charge is -2.07. The lowest BCUT2D eigenvalue weighted by Crippen LogP contribution is -2.12. The van der Waals surface area contributed by atoms with Crippen LogP contribution in [0.2, 0.25) is 0 Å². The normalized spacial score (nSPS) is 10.7. The van der Waals surface area contributed by atoms with E-state index in [0.29, 0.717) is 24.5 Å². The first kappa shape index (κ1) is 13.6. The maximum Gasteiger partial charge on any atom is 0.129 e. The molecule has 1 N–H and O–H groups in total. The summed E-state index contributed by atoms with van der Waals surface area (Å²) in [6.07, 6.45) is 1.64. The van der Waals surface area contributed by atoms with Gasteiger partial charge in [-0.3, -0.25) is 0 Å². The molecule has 4 heteroatoms. The standard InChI is InChI=1S/C15H18FNO2/c1-3-17-9-15-12(6-7-18-15)10-19-13-5-4-11(2)14(16)8-13/h4-8,17H,3,9-10H2,1-2H3. The molecule has 102 valence electrons. The van der Waals surface area contributed by atoms with E-state index in [1.165, 1.54) is 6.07 Å². The topological polar surface area (TPSA) is 34.4 Å². The van der Waals surface area contributed by atoms with E-state index in [-0.39, 0.29) is 5.82 Å². The van der Waals surface area contributed by atoms with Gasteiger partial charge in [0.05, 0.1) is 12.8 Å². The third-order valence-electron chi connectivity index (χ3n) is 2.91. The zero-order chi connectivity index (χ0) is 13.7. The van der Waals surface area contributed by atoms with E-state index in [9.17, 15) is 4.39 Å². The molecule has 2 aromatic rings. The zero-order valence-electron chi connectivity index (χ0n) is 11.2. The van der Waals surface area contributed by atoms with Gasteiger partial charge in [0.25, 0.3) is 0 Å². The molecule has 0 aliphatic rings. The number of aryl methyl sites for hydroxylation is 1. The van der Waals surface area contributed by atoms with Crippen LogP contribution in [0, 0.1) is 12.7 Å². The SMILES string of the molecule is CCNCc1occc1COc1ccc(C)c(F)c1. The predicted molar refractivity (Wildman–Crippen MR) is 71.6 cm³/mol. The molecule has 0 saturated carbocycles. The van der Waals surface area contributed by atoms with Gasteiger partial charge in [-0.1, -0.05) is 13.0 Å². The van der Waals surface area contributed by atoms with Crippen molar-refractivity contribution >= 4 is 0 Å². The van der Waals surface area contributed by atoms with Crippen molar-refractivity contribution in [2.45, 2.75) is 27.0 Å². The second-order valence-electron chi connectivity index (χ2n) is 4.35. The predicted octanol–water partition coefficient (Wildman–Crippen LogP) is 3.42. The first-order chi connectivity index (χ1) is 9.20. The highest BCUT2D eigenvalue weighted by Gasteiger charge is 2.07. The average Bonchev–Trinajstić information content (AvgIpc) is 2.85. The summed E-state index contributed by atoms with van der Waals surface area (Å²) in [6.45, 7) is 5.69. The molecule has 0 radical (unpaired) electrons. The van der Waals surface area contributed by atoms with Crippen LogP contribution in [-0.4, -0.2) is 6.54 Å². The number of rotatable bonds is 6. The molecule has 0 bridgehead atoms. The van der Waals surface area contributed by atoms with Gasteiger partial charge in [-0.05, 0) is 31.2 Å². The Bertz CT molecular complexity index is 537. The molecule has 0 aliphatic heterocycles. The van der Waals surface area contributed by atoms with Gasteiger partial charge in [0.15, 0.2) is 0 Å². The van der Waals surface area contributed by atoms with Crippen molar-refractivity contribution in [1.82, 2.24) is 5.32 Å². The summed E-state index contributed by atoms with van der Waals surface area (Å²) in [5.74, 6) is 1.13. The van der Waals surface area contributed by atoms with E-state index >= 15 is 0 Å². The van der Waals surface area contributed by atoms with Gasteiger partial charge in [-0.25, -0.2) is 4.39 Å². The molecular weight excluding hydrogens is 245 g/mol. The van der Waals surface area contributed by atoms with Gasteiger partial charge in [0.1, 0.15) is 23.9 Å². The molecule has 2 rings (SSSR count). The van der Waals surface area contributed by atoms with E-state index in [1.54, 1.807) is 25.3 Å². The molecule has 0 fully saturated rings. The quantitative estimate of drug-likeness (QED) is 0.867. The Balaban J connectivity index is 1.98. The summed E-state index contributed by atoms with van der Waals surface area (Å²) in [6, 6.07) is 6.75. The Kier molecular flexibility index (Phi) is 4.58. The molecule has 0 unspecified atom stereocenters. The monoisotopic (exact) mass is 263 g/mol. The minimum atomic E-state index is -0.252. The van der Waals surface area contributed by atoms with Crippen molar-refractivity contribution in [1.29, 1.82) is 0 Å². The van der Waals surface area contributed by atoms with Crippen LogP contribution in [-0.2, 0) is 13.2 Å². The number of benzene rings is 1. The molecule has 19 heavy (non-hydrogen) atoms. The van der Waals surface area contributed by atoms with Crippen LogP contribution in [0.4, 0.5) is 4.39 Å². The summed E-state index contributed by atoms with van der Waals surface area (Å²) in [5, 5.41) is 3.20. The third kappa shape index (κ3) is 3.58. The largest absolute Gasteiger partial charge is 0.489 e. The Morgan fingerprint density at radius 1 is 1.32 bits per heavy atom. The molecule has 0 spiro atoms. The highest BCUT2D eigenvalue weighted by molar-refractivity contribution is 5.28. The maximum atomic E-state index is 13.4. The molecule has 0 atom stereocenters. The van der Waals surface area contributed by atoms with Crippen LogP contribution < -0.4 is 10.1 Å². The number of nitrogens with one attached hydrogen (secondary N) is 1. The van der Waals surface area contributed by atoms with Crippen molar-refractivity contribution in [3.63, 3.8) is 0 Å². The van der Waals surface area contributed by atoms with Crippen molar-refractivity contribution < 1.29 is 13.5 Å². The minimum absolute atomic E-state index is 0.252. The molecule has 3 nitrogen and oxygen atoms in total. The summed E-state index contributed by atoms with van der Waals surface area (Å²) in [5.41, 5.74) is 1.59. The average molecular weight is 263 g/mol. The zero-order valence-corrected chi connectivity index (χ0v) is 11.2. The Labute approximate surface area is 112 Å². The van der Waals surface area contributed by atoms with Crippen molar-refractivity contribution in [2.75, 3.05) is 6.54 Å². The summed E-state index contributed by atoms with van der Waals surface area (Å²) in [4.78, 5) is 0. The Hall–Kier alpha value is -1.81. The van der Waals surface area contributed by atoms with Crippen LogP contribution in [0.15, 0.2) is 34.9 Å². The number of hydrogen-bond donors (Lipinski definition) is 1. The molecule has 1 heterocycles. The van der Waals surface area contributed by atoms with E-state index in [2.05, 4.69) is 5.32 Å². The fraction of sp³-hybridized carbons (Fsp3) is 0.333. The number of furan rings is 1. The van der Waals surface area contributed by atoms with E-state index in [1.807, 2.05) is 13.0 Å². The Morgan fingerprint density at radius 2 is 2.16 bits per heavy atom. The lowest BCUT2D eigenvalue weighted by molar-refractivity contribution is 0.299. The third-order valence-corrected chi connectivity index (χ3v) is 2.91. The molecule has 1 aromatic carbocycles. The molecular formula is C15H18FNO2. The minimum Gasteiger partial charge on any atom is -0.489 e. The highest BCUT2D eigenvalue weighted by atomic mass is 19.1. The van der Waals surface area contributed by atoms with Gasteiger partial charge in [0.2, 0.25) is 0 Å². The highest BCUT2D eigenvalue weighted by Crippen LogP contribution is 2.19. The van der Waals surface area contributed by atoms with E-state index in [0.717, 1.165) is 17.9 Å². The first-order valence-corrected chi connectivity index (χ1v) is 6.35. The van der Waals surface area contributed by atoms with Crippen LogP contribution in [0.5, 0.6) is 5.75 Å². The van der Waals surface area contributed by atoms with Gasteiger partial charge >= 0.3 is 0 Å². The van der Waals surface area contributed by atoms with Crippen molar-refractivity contribution in [3.8, 4) is 5.75 Å². The second kappa shape index (κ2) is 6.38. The molecule has 0 amide bonds. The van der Waals surface area contributed by atoms with Crippen LogP contribution in [0.25, 0.3) is 0 Å². The second-order valence-corrected chi connectivity index (χ2v) is 4.35. The van der Waals surface area contributed by atoms with Crippen molar-refractivity contribution in [3.05, 3.63) is 53.2 Å². The molecule has 1 aromatic heterocycles. The number of ether oxygens (including phenoxy) is 1. The van der Waals surface area contributed by atoms with E-state index < -0.39 is 0 Å². The van der Waals surface area contributed by atoms with Gasteiger partial charge < -0.3 is 14.5 Å². The molecule has 0 aliphatic carbocycles. The van der Waals surface area contributed by atoms with E-state index in [4.69, 9.17) is 9.15 Å². The first-order valence-electron chi connectivity index (χ1n) is 6.35. The summed E-state index contributed by atoms with van der Waals surface area (Å²) in [7, 11) is 0. The smallest absolute Gasteiger partial charge is 0.129 e. The number of halogens is 1. The van der Waals surface area contributed by atoms with Crippen LogP contribution in [0.3, 0.4) is 0 Å². The van der Waals surface area contributed by atoms with Crippen molar-refractivity contribution in [2.24, 2.45) is 0 Å². The lowest BCUT2D eigenvalue weighted by atomic mass is 10.2. The summed E-state index contributed by atoms with van der Waals surface area (Å²) >= 11 is 0. The maximum absolute atomic E-state index is 13.4. The van der Waals surface area contributed by atoms with Gasteiger partial charge in [0, 0.05) is 11.6 Å². The Morgan fingerprint density at radius 3 is 2.89 bits per heavy atom. The van der Waals surface area contributed by atoms with Gasteiger partial charge in [-0.15, -0.1) is 0 Å². The van der Waals surface area contributed by atoms with Gasteiger partial charge in [-0.2, -0.15) is 0 Å².